The Balaban J connectivity index is 2.59. The first-order chi connectivity index (χ1) is 6.17. The lowest BCUT2D eigenvalue weighted by Crippen LogP contribution is -2.20. The lowest BCUT2D eigenvalue weighted by Gasteiger charge is -2.13. The van der Waals surface area contributed by atoms with Gasteiger partial charge in [-0.3, -0.25) is 0 Å². The summed E-state index contributed by atoms with van der Waals surface area (Å²) < 4.78 is 0. The molecule has 0 saturated carbocycles. The van der Waals surface area contributed by atoms with Crippen molar-refractivity contribution in [2.45, 2.75) is 25.9 Å². The smallest absolute Gasteiger partial charge is 0.215 e. The van der Waals surface area contributed by atoms with E-state index in [1.807, 2.05) is 32.0 Å². The molecule has 0 aliphatic carbocycles. The van der Waals surface area contributed by atoms with Gasteiger partial charge in [-0.25, -0.2) is 4.84 Å². The number of rotatable bonds is 1. The van der Waals surface area contributed by atoms with E-state index in [1.54, 1.807) is 6.07 Å². The predicted molar refractivity (Wildman–Crippen MR) is 48.5 cm³/mol. The van der Waals surface area contributed by atoms with Crippen molar-refractivity contribution in [1.82, 2.24) is 0 Å². The molecule has 1 unspecified atom stereocenters. The van der Waals surface area contributed by atoms with Crippen LogP contribution in [-0.4, -0.2) is 4.92 Å². The maximum absolute atomic E-state index is 11.3. The molecule has 1 aliphatic heterocycles. The van der Waals surface area contributed by atoms with Gasteiger partial charge in [-0.1, -0.05) is 19.1 Å². The Labute approximate surface area is 76.9 Å². The van der Waals surface area contributed by atoms with E-state index in [0.29, 0.717) is 10.6 Å². The van der Waals surface area contributed by atoms with Gasteiger partial charge in [0.15, 0.2) is 0 Å². The average molecular weight is 178 g/mol. The summed E-state index contributed by atoms with van der Waals surface area (Å²) in [5, 5.41) is 0. The van der Waals surface area contributed by atoms with E-state index < -0.39 is 5.60 Å². The lowest BCUT2D eigenvalue weighted by atomic mass is 9.93. The Bertz CT molecular complexity index is 362. The SMILES string of the molecule is CCC1(C)O[N+](=O)c2ccccc21. The first kappa shape index (κ1) is 8.23. The summed E-state index contributed by atoms with van der Waals surface area (Å²) in [4.78, 5) is 17.2. The van der Waals surface area contributed by atoms with Crippen LogP contribution in [0.1, 0.15) is 25.8 Å². The third-order valence-corrected chi connectivity index (χ3v) is 2.63. The van der Waals surface area contributed by atoms with Crippen LogP contribution in [0.15, 0.2) is 24.3 Å². The van der Waals surface area contributed by atoms with Gasteiger partial charge < -0.3 is 0 Å². The normalized spacial score (nSPS) is 25.5. The summed E-state index contributed by atoms with van der Waals surface area (Å²) in [6.45, 7) is 3.94. The van der Waals surface area contributed by atoms with E-state index in [1.165, 1.54) is 0 Å². The molecule has 3 heteroatoms. The summed E-state index contributed by atoms with van der Waals surface area (Å²) in [6.07, 6.45) is 0.794. The Kier molecular flexibility index (Phi) is 1.62. The van der Waals surface area contributed by atoms with Crippen LogP contribution < -0.4 is 0 Å². The highest BCUT2D eigenvalue weighted by molar-refractivity contribution is 5.44. The Morgan fingerprint density at radius 2 is 2.15 bits per heavy atom. The zero-order valence-corrected chi connectivity index (χ0v) is 7.78. The number of para-hydroxylation sites is 1. The molecular weight excluding hydrogens is 166 g/mol. The molecule has 0 saturated heterocycles. The molecule has 0 amide bonds. The van der Waals surface area contributed by atoms with Gasteiger partial charge in [-0.15, -0.1) is 0 Å². The molecule has 1 aromatic carbocycles. The van der Waals surface area contributed by atoms with Gasteiger partial charge in [-0.05, 0) is 19.4 Å². The van der Waals surface area contributed by atoms with Crippen LogP contribution in [0.5, 0.6) is 0 Å². The molecule has 0 N–H and O–H groups in total. The summed E-state index contributed by atoms with van der Waals surface area (Å²) in [5.41, 5.74) is 1.16. The largest absolute Gasteiger partial charge is 0.324 e. The van der Waals surface area contributed by atoms with Crippen LogP contribution in [0.25, 0.3) is 0 Å². The van der Waals surface area contributed by atoms with E-state index in [0.717, 1.165) is 12.0 Å². The maximum atomic E-state index is 11.3. The van der Waals surface area contributed by atoms with Crippen molar-refractivity contribution >= 4 is 5.69 Å². The van der Waals surface area contributed by atoms with Crippen LogP contribution >= 0.6 is 0 Å². The third-order valence-electron chi connectivity index (χ3n) is 2.63. The van der Waals surface area contributed by atoms with Gasteiger partial charge in [0, 0.05) is 6.07 Å². The average Bonchev–Trinajstić information content (AvgIpc) is 2.42. The van der Waals surface area contributed by atoms with Crippen molar-refractivity contribution in [2.24, 2.45) is 0 Å². The number of hydrogen-bond donors (Lipinski definition) is 0. The van der Waals surface area contributed by atoms with Crippen molar-refractivity contribution in [1.29, 1.82) is 0 Å². The molecule has 0 bridgehead atoms. The summed E-state index contributed by atoms with van der Waals surface area (Å²) in [5.74, 6) is 0. The first-order valence-corrected chi connectivity index (χ1v) is 4.43. The van der Waals surface area contributed by atoms with Gasteiger partial charge in [0.2, 0.25) is 5.60 Å². The van der Waals surface area contributed by atoms with Crippen LogP contribution in [0, 0.1) is 4.91 Å². The van der Waals surface area contributed by atoms with Crippen LogP contribution in [-0.2, 0) is 10.4 Å². The summed E-state index contributed by atoms with van der Waals surface area (Å²) in [6, 6.07) is 7.49. The Morgan fingerprint density at radius 1 is 1.46 bits per heavy atom. The van der Waals surface area contributed by atoms with E-state index in [2.05, 4.69) is 0 Å². The van der Waals surface area contributed by atoms with Gasteiger partial charge in [-0.2, -0.15) is 0 Å². The van der Waals surface area contributed by atoms with Crippen LogP contribution in [0.4, 0.5) is 5.69 Å². The zero-order chi connectivity index (χ0) is 9.47. The molecule has 68 valence electrons. The quantitative estimate of drug-likeness (QED) is 0.661. The van der Waals surface area contributed by atoms with E-state index in [-0.39, 0.29) is 0 Å². The molecule has 0 radical (unpaired) electrons. The highest BCUT2D eigenvalue weighted by atomic mass is 16.8. The van der Waals surface area contributed by atoms with E-state index >= 15 is 0 Å². The molecule has 1 heterocycles. The fourth-order valence-electron chi connectivity index (χ4n) is 1.62. The van der Waals surface area contributed by atoms with Crippen molar-refractivity contribution in [3.8, 4) is 0 Å². The van der Waals surface area contributed by atoms with Crippen LogP contribution in [0.3, 0.4) is 0 Å². The topological polar surface area (TPSA) is 29.3 Å². The second-order valence-electron chi connectivity index (χ2n) is 3.45. The molecule has 0 fully saturated rings. The molecule has 3 nitrogen and oxygen atoms in total. The fraction of sp³-hybridized carbons (Fsp3) is 0.400. The molecule has 1 aromatic rings. The van der Waals surface area contributed by atoms with Crippen molar-refractivity contribution in [3.63, 3.8) is 0 Å². The first-order valence-electron chi connectivity index (χ1n) is 4.43. The molecule has 2 rings (SSSR count). The summed E-state index contributed by atoms with van der Waals surface area (Å²) >= 11 is 0. The second kappa shape index (κ2) is 2.55. The van der Waals surface area contributed by atoms with Crippen molar-refractivity contribution in [2.75, 3.05) is 0 Å². The monoisotopic (exact) mass is 178 g/mol. The standard InChI is InChI=1S/C10H12NO2/c1-3-10(2)8-6-4-5-7-9(8)11(12)13-10/h4-7H,3H2,1-2H3/q+1. The van der Waals surface area contributed by atoms with Gasteiger partial charge in [0.1, 0.15) is 0 Å². The van der Waals surface area contributed by atoms with Gasteiger partial charge >= 0.3 is 5.69 Å². The molecule has 0 aromatic heterocycles. The molecule has 1 aliphatic rings. The van der Waals surface area contributed by atoms with Gasteiger partial charge in [0.25, 0.3) is 4.92 Å². The third kappa shape index (κ3) is 1.03. The highest BCUT2D eigenvalue weighted by Crippen LogP contribution is 2.42. The number of fused-ring (bicyclic) bond motifs is 1. The van der Waals surface area contributed by atoms with E-state index in [4.69, 9.17) is 4.84 Å². The lowest BCUT2D eigenvalue weighted by molar-refractivity contribution is -0.757. The molecule has 0 spiro atoms. The molecule has 13 heavy (non-hydrogen) atoms. The zero-order valence-electron chi connectivity index (χ0n) is 7.78. The van der Waals surface area contributed by atoms with Crippen molar-refractivity contribution in [3.05, 3.63) is 34.7 Å². The maximum Gasteiger partial charge on any atom is 0.324 e. The number of benzene rings is 1. The minimum Gasteiger partial charge on any atom is -0.215 e. The fourth-order valence-corrected chi connectivity index (χ4v) is 1.62. The van der Waals surface area contributed by atoms with Crippen LogP contribution in [0.2, 0.25) is 0 Å². The number of hydrogen-bond acceptors (Lipinski definition) is 2. The second-order valence-corrected chi connectivity index (χ2v) is 3.45. The molecular formula is C10H12NO2+. The van der Waals surface area contributed by atoms with Crippen molar-refractivity contribution < 1.29 is 9.76 Å². The Morgan fingerprint density at radius 3 is 2.85 bits per heavy atom. The van der Waals surface area contributed by atoms with Gasteiger partial charge in [0.05, 0.1) is 10.5 Å². The molecule has 1 atom stereocenters. The highest BCUT2D eigenvalue weighted by Gasteiger charge is 2.48. The minimum atomic E-state index is -0.446. The van der Waals surface area contributed by atoms with E-state index in [9.17, 15) is 4.91 Å². The summed E-state index contributed by atoms with van der Waals surface area (Å²) in [7, 11) is 0. The number of nitrogens with zero attached hydrogens (tertiary/aromatic N) is 1. The predicted octanol–water partition coefficient (Wildman–Crippen LogP) is 2.67. The minimum absolute atomic E-state index is 0.446. The Hall–Kier alpha value is -1.38.